The van der Waals surface area contributed by atoms with Crippen molar-refractivity contribution in [2.24, 2.45) is 0 Å². The van der Waals surface area contributed by atoms with Crippen molar-refractivity contribution in [3.8, 4) is 0 Å². The number of hydrogen-bond donors (Lipinski definition) is 3. The van der Waals surface area contributed by atoms with Crippen LogP contribution in [0.5, 0.6) is 0 Å². The summed E-state index contributed by atoms with van der Waals surface area (Å²) in [6, 6.07) is 3.13. The summed E-state index contributed by atoms with van der Waals surface area (Å²) in [7, 11) is -3.48. The fourth-order valence-corrected chi connectivity index (χ4v) is 5.03. The van der Waals surface area contributed by atoms with E-state index < -0.39 is 10.2 Å². The Hall–Kier alpha value is -2.08. The van der Waals surface area contributed by atoms with E-state index >= 15 is 0 Å². The molecule has 4 heterocycles. The molecule has 2 aliphatic heterocycles. The van der Waals surface area contributed by atoms with E-state index in [1.165, 1.54) is 10.4 Å². The highest BCUT2D eigenvalue weighted by molar-refractivity contribution is 7.87. The fourth-order valence-electron chi connectivity index (χ4n) is 3.53. The molecule has 0 radical (unpaired) electrons. The van der Waals surface area contributed by atoms with Crippen molar-refractivity contribution in [1.29, 1.82) is 0 Å². The highest BCUT2D eigenvalue weighted by atomic mass is 32.2. The molecular formula is C17H24N6O4S. The Morgan fingerprint density at radius 2 is 1.86 bits per heavy atom. The van der Waals surface area contributed by atoms with E-state index in [1.807, 2.05) is 0 Å². The third-order valence-corrected chi connectivity index (χ3v) is 6.81. The highest BCUT2D eigenvalue weighted by Crippen LogP contribution is 2.18. The molecule has 0 amide bonds. The number of anilines is 1. The first-order chi connectivity index (χ1) is 13.5. The van der Waals surface area contributed by atoms with Gasteiger partial charge in [0.1, 0.15) is 5.65 Å². The molecule has 0 spiro atoms. The average molecular weight is 408 g/mol. The lowest BCUT2D eigenvalue weighted by Gasteiger charge is -2.33. The van der Waals surface area contributed by atoms with Crippen molar-refractivity contribution in [3.63, 3.8) is 0 Å². The van der Waals surface area contributed by atoms with E-state index in [4.69, 9.17) is 4.74 Å². The zero-order valence-corrected chi connectivity index (χ0v) is 16.2. The monoisotopic (exact) mass is 408 g/mol. The number of aromatic nitrogens is 3. The third kappa shape index (κ3) is 4.49. The second kappa shape index (κ2) is 8.11. The Bertz CT molecular complexity index is 981. The van der Waals surface area contributed by atoms with Gasteiger partial charge in [-0.3, -0.25) is 4.79 Å². The van der Waals surface area contributed by atoms with Crippen LogP contribution in [0.1, 0.15) is 25.7 Å². The van der Waals surface area contributed by atoms with E-state index in [-0.39, 0.29) is 17.6 Å². The molecule has 0 aliphatic carbocycles. The Balaban J connectivity index is 1.34. The lowest BCUT2D eigenvalue weighted by Crippen LogP contribution is -2.50. The van der Waals surface area contributed by atoms with Gasteiger partial charge in [0, 0.05) is 56.0 Å². The number of aromatic amines is 1. The van der Waals surface area contributed by atoms with Gasteiger partial charge in [0.15, 0.2) is 0 Å². The molecule has 0 unspecified atom stereocenters. The van der Waals surface area contributed by atoms with Crippen LogP contribution in [0.4, 0.5) is 5.95 Å². The molecule has 2 fully saturated rings. The Labute approximate surface area is 162 Å². The third-order valence-electron chi connectivity index (χ3n) is 5.14. The average Bonchev–Trinajstić information content (AvgIpc) is 2.68. The predicted octanol–water partition coefficient (Wildman–Crippen LogP) is 0.208. The molecule has 28 heavy (non-hydrogen) atoms. The summed E-state index contributed by atoms with van der Waals surface area (Å²) in [6.07, 6.45) is 4.37. The number of rotatable bonds is 5. The smallest absolute Gasteiger partial charge is 0.279 e. The molecule has 0 bridgehead atoms. The van der Waals surface area contributed by atoms with Crippen molar-refractivity contribution in [2.75, 3.05) is 31.6 Å². The molecule has 4 rings (SSSR count). The van der Waals surface area contributed by atoms with Crippen LogP contribution in [-0.4, -0.2) is 66.1 Å². The van der Waals surface area contributed by atoms with Crippen LogP contribution >= 0.6 is 0 Å². The number of ether oxygens (including phenoxy) is 1. The molecule has 2 aromatic rings. The predicted molar refractivity (Wildman–Crippen MR) is 104 cm³/mol. The van der Waals surface area contributed by atoms with Crippen LogP contribution in [0, 0.1) is 0 Å². The number of nitrogens with zero attached hydrogens (tertiary/aromatic N) is 3. The number of nitrogens with one attached hydrogen (secondary N) is 3. The van der Waals surface area contributed by atoms with E-state index in [2.05, 4.69) is 25.0 Å². The molecule has 0 saturated carbocycles. The number of piperidine rings is 1. The maximum Gasteiger partial charge on any atom is 0.279 e. The van der Waals surface area contributed by atoms with Gasteiger partial charge in [0.25, 0.3) is 10.2 Å². The molecular weight excluding hydrogens is 384 g/mol. The molecule has 2 saturated heterocycles. The summed E-state index contributed by atoms with van der Waals surface area (Å²) in [5.41, 5.74) is 0.262. The normalized spacial score (nSPS) is 20.4. The quantitative estimate of drug-likeness (QED) is 0.645. The van der Waals surface area contributed by atoms with E-state index in [0.29, 0.717) is 63.6 Å². The van der Waals surface area contributed by atoms with Crippen molar-refractivity contribution in [1.82, 2.24) is 24.0 Å². The van der Waals surface area contributed by atoms with Gasteiger partial charge in [-0.25, -0.2) is 4.98 Å². The standard InChI is InChI=1S/C17H24N6O4S/c24-15-2-1-12-11-18-17(21-16(12)20-15)19-13-3-7-23(8-4-13)28(25,26)22-14-5-9-27-10-6-14/h1-2,11,13-14,22H,3-10H2,(H2,18,19,20,21,24). The Morgan fingerprint density at radius 1 is 1.11 bits per heavy atom. The lowest BCUT2D eigenvalue weighted by atomic mass is 10.1. The molecule has 0 atom stereocenters. The Kier molecular flexibility index (Phi) is 5.58. The fraction of sp³-hybridized carbons (Fsp3) is 0.588. The number of pyridine rings is 1. The van der Waals surface area contributed by atoms with Crippen molar-refractivity contribution < 1.29 is 13.2 Å². The SMILES string of the molecule is O=c1ccc2cnc(NC3CCN(S(=O)(=O)NC4CCOCC4)CC3)nc2[nH]1. The molecule has 2 aliphatic rings. The molecule has 10 nitrogen and oxygen atoms in total. The molecule has 3 N–H and O–H groups in total. The van der Waals surface area contributed by atoms with Gasteiger partial charge in [-0.15, -0.1) is 0 Å². The van der Waals surface area contributed by atoms with Gasteiger partial charge >= 0.3 is 0 Å². The van der Waals surface area contributed by atoms with Crippen molar-refractivity contribution in [3.05, 3.63) is 28.7 Å². The van der Waals surface area contributed by atoms with Crippen LogP contribution in [0.15, 0.2) is 23.1 Å². The van der Waals surface area contributed by atoms with Gasteiger partial charge < -0.3 is 15.0 Å². The van der Waals surface area contributed by atoms with E-state index in [1.54, 1.807) is 12.3 Å². The number of H-pyrrole nitrogens is 1. The summed E-state index contributed by atoms with van der Waals surface area (Å²) in [5, 5.41) is 4.00. The van der Waals surface area contributed by atoms with Crippen LogP contribution in [-0.2, 0) is 14.9 Å². The van der Waals surface area contributed by atoms with Crippen molar-refractivity contribution >= 4 is 27.2 Å². The summed E-state index contributed by atoms with van der Waals surface area (Å²) in [5.74, 6) is 0.427. The number of fused-ring (bicyclic) bond motifs is 1. The number of hydrogen-bond acceptors (Lipinski definition) is 7. The van der Waals surface area contributed by atoms with Gasteiger partial charge in [-0.2, -0.15) is 22.4 Å². The van der Waals surface area contributed by atoms with Crippen LogP contribution < -0.4 is 15.6 Å². The van der Waals surface area contributed by atoms with Gasteiger partial charge in [-0.1, -0.05) is 0 Å². The Morgan fingerprint density at radius 3 is 2.61 bits per heavy atom. The lowest BCUT2D eigenvalue weighted by molar-refractivity contribution is 0.0827. The van der Waals surface area contributed by atoms with Gasteiger partial charge in [0.2, 0.25) is 11.5 Å². The van der Waals surface area contributed by atoms with E-state index in [9.17, 15) is 13.2 Å². The summed E-state index contributed by atoms with van der Waals surface area (Å²) < 4.78 is 34.8. The van der Waals surface area contributed by atoms with Crippen LogP contribution in [0.2, 0.25) is 0 Å². The molecule has 11 heteroatoms. The summed E-state index contributed by atoms with van der Waals surface area (Å²) >= 11 is 0. The first-order valence-corrected chi connectivity index (χ1v) is 10.9. The van der Waals surface area contributed by atoms with E-state index in [0.717, 1.165) is 5.39 Å². The minimum absolute atomic E-state index is 0.0530. The second-order valence-electron chi connectivity index (χ2n) is 7.15. The largest absolute Gasteiger partial charge is 0.381 e. The summed E-state index contributed by atoms with van der Waals surface area (Å²) in [4.78, 5) is 22.7. The van der Waals surface area contributed by atoms with Gasteiger partial charge in [-0.05, 0) is 31.7 Å². The maximum absolute atomic E-state index is 12.6. The van der Waals surface area contributed by atoms with Gasteiger partial charge in [0.05, 0.1) is 0 Å². The first kappa shape index (κ1) is 19.2. The van der Waals surface area contributed by atoms with Crippen LogP contribution in [0.3, 0.4) is 0 Å². The minimum Gasteiger partial charge on any atom is -0.381 e. The van der Waals surface area contributed by atoms with Crippen LogP contribution in [0.25, 0.3) is 11.0 Å². The topological polar surface area (TPSA) is 129 Å². The maximum atomic E-state index is 12.6. The van der Waals surface area contributed by atoms with Crippen molar-refractivity contribution in [2.45, 2.75) is 37.8 Å². The molecule has 2 aromatic heterocycles. The molecule has 0 aromatic carbocycles. The minimum atomic E-state index is -3.48. The first-order valence-electron chi connectivity index (χ1n) is 9.47. The summed E-state index contributed by atoms with van der Waals surface area (Å²) in [6.45, 7) is 2.05. The zero-order chi connectivity index (χ0) is 19.6. The second-order valence-corrected chi connectivity index (χ2v) is 8.85. The molecule has 152 valence electrons. The zero-order valence-electron chi connectivity index (χ0n) is 15.4. The highest BCUT2D eigenvalue weighted by Gasteiger charge is 2.30.